The second-order valence-corrected chi connectivity index (χ2v) is 5.79. The Balaban J connectivity index is 1.51. The van der Waals surface area contributed by atoms with Gasteiger partial charge in [-0.2, -0.15) is 0 Å². The van der Waals surface area contributed by atoms with Crippen molar-refractivity contribution in [2.75, 3.05) is 0 Å². The van der Waals surface area contributed by atoms with E-state index in [0.717, 1.165) is 16.9 Å². The average molecular weight is 349 g/mol. The molecule has 4 nitrogen and oxygen atoms in total. The maximum atomic E-state index is 5.90. The minimum absolute atomic E-state index is 0.420. The van der Waals surface area contributed by atoms with Gasteiger partial charge in [0.1, 0.15) is 11.5 Å². The predicted molar refractivity (Wildman–Crippen MR) is 97.8 cm³/mol. The fraction of sp³-hybridized carbons (Fsp3) is 0. The summed E-state index contributed by atoms with van der Waals surface area (Å²) in [5.41, 5.74) is 1.85. The summed E-state index contributed by atoms with van der Waals surface area (Å²) in [5.74, 6) is 2.38. The number of rotatable bonds is 4. The van der Waals surface area contributed by atoms with Crippen LogP contribution in [0.3, 0.4) is 0 Å². The Morgan fingerprint density at radius 2 is 1.52 bits per heavy atom. The molecular weight excluding hydrogens is 336 g/mol. The fourth-order valence-electron chi connectivity index (χ4n) is 2.36. The molecule has 4 aromatic rings. The van der Waals surface area contributed by atoms with Gasteiger partial charge in [0.15, 0.2) is 0 Å². The molecule has 0 radical (unpaired) electrons. The molecule has 2 aromatic carbocycles. The van der Waals surface area contributed by atoms with Gasteiger partial charge in [-0.3, -0.25) is 0 Å². The fourth-order valence-corrected chi connectivity index (χ4v) is 2.49. The Bertz CT molecular complexity index is 1000. The third-order valence-corrected chi connectivity index (χ3v) is 3.86. The van der Waals surface area contributed by atoms with Crippen LogP contribution in [0.1, 0.15) is 11.7 Å². The zero-order chi connectivity index (χ0) is 17.1. The predicted octanol–water partition coefficient (Wildman–Crippen LogP) is 5.82. The Labute approximate surface area is 149 Å². The zero-order valence-electron chi connectivity index (χ0n) is 13.1. The molecule has 0 amide bonds. The van der Waals surface area contributed by atoms with E-state index in [4.69, 9.17) is 20.4 Å². The van der Waals surface area contributed by atoms with Gasteiger partial charge in [-0.1, -0.05) is 29.8 Å². The van der Waals surface area contributed by atoms with Crippen molar-refractivity contribution in [3.8, 4) is 22.8 Å². The largest absolute Gasteiger partial charge is 0.457 e. The lowest BCUT2D eigenvalue weighted by Gasteiger charge is -1.96. The Morgan fingerprint density at radius 1 is 0.720 bits per heavy atom. The van der Waals surface area contributed by atoms with Gasteiger partial charge < -0.3 is 8.83 Å². The van der Waals surface area contributed by atoms with E-state index >= 15 is 0 Å². The first-order chi connectivity index (χ1) is 12.3. The molecule has 0 bridgehead atoms. The van der Waals surface area contributed by atoms with Gasteiger partial charge in [-0.25, -0.2) is 0 Å². The van der Waals surface area contributed by atoms with E-state index in [0.29, 0.717) is 22.6 Å². The quantitative estimate of drug-likeness (QED) is 0.466. The Hall–Kier alpha value is -3.11. The highest BCUT2D eigenvalue weighted by atomic mass is 35.5. The van der Waals surface area contributed by atoms with E-state index in [1.165, 1.54) is 0 Å². The molecule has 5 heteroatoms. The Kier molecular flexibility index (Phi) is 4.19. The van der Waals surface area contributed by atoms with E-state index in [-0.39, 0.29) is 0 Å². The van der Waals surface area contributed by atoms with Crippen LogP contribution in [0.15, 0.2) is 75.6 Å². The van der Waals surface area contributed by atoms with Crippen LogP contribution in [0.25, 0.3) is 34.9 Å². The lowest BCUT2D eigenvalue weighted by molar-refractivity contribution is 0.556. The highest BCUT2D eigenvalue weighted by Gasteiger charge is 2.06. The maximum absolute atomic E-state index is 5.90. The number of furan rings is 1. The highest BCUT2D eigenvalue weighted by molar-refractivity contribution is 6.30. The Morgan fingerprint density at radius 3 is 2.32 bits per heavy atom. The molecule has 2 aromatic heterocycles. The SMILES string of the molecule is Clc1ccc(-c2ccc(/C=C/c3nnc(-c4ccccc4)o3)o2)cc1. The second kappa shape index (κ2) is 6.79. The van der Waals surface area contributed by atoms with E-state index in [1.54, 1.807) is 12.2 Å². The first kappa shape index (κ1) is 15.4. The van der Waals surface area contributed by atoms with Crippen LogP contribution in [0.5, 0.6) is 0 Å². The minimum atomic E-state index is 0.420. The molecule has 0 atom stereocenters. The topological polar surface area (TPSA) is 52.1 Å². The van der Waals surface area contributed by atoms with E-state index in [1.807, 2.05) is 66.7 Å². The molecule has 0 fully saturated rings. The van der Waals surface area contributed by atoms with Gasteiger partial charge >= 0.3 is 0 Å². The minimum Gasteiger partial charge on any atom is -0.457 e. The molecule has 0 aliphatic carbocycles. The van der Waals surface area contributed by atoms with Crippen LogP contribution in [0.2, 0.25) is 5.02 Å². The van der Waals surface area contributed by atoms with E-state index in [2.05, 4.69) is 10.2 Å². The van der Waals surface area contributed by atoms with Gasteiger partial charge in [0.25, 0.3) is 0 Å². The molecule has 0 spiro atoms. The molecule has 25 heavy (non-hydrogen) atoms. The highest BCUT2D eigenvalue weighted by Crippen LogP contribution is 2.25. The van der Waals surface area contributed by atoms with Crippen LogP contribution in [-0.4, -0.2) is 10.2 Å². The van der Waals surface area contributed by atoms with Crippen LogP contribution in [-0.2, 0) is 0 Å². The summed E-state index contributed by atoms with van der Waals surface area (Å²) in [6, 6.07) is 20.9. The summed E-state index contributed by atoms with van der Waals surface area (Å²) in [5, 5.41) is 8.77. The third kappa shape index (κ3) is 3.54. The maximum Gasteiger partial charge on any atom is 0.248 e. The molecule has 0 aliphatic rings. The van der Waals surface area contributed by atoms with Crippen molar-refractivity contribution in [1.29, 1.82) is 0 Å². The molecule has 0 unspecified atom stereocenters. The average Bonchev–Trinajstić information content (AvgIpc) is 3.31. The summed E-state index contributed by atoms with van der Waals surface area (Å²) in [6.45, 7) is 0. The van der Waals surface area contributed by atoms with Crippen molar-refractivity contribution in [3.05, 3.63) is 83.4 Å². The number of nitrogens with zero attached hydrogens (tertiary/aromatic N) is 2. The summed E-state index contributed by atoms with van der Waals surface area (Å²) in [4.78, 5) is 0. The van der Waals surface area contributed by atoms with Crippen molar-refractivity contribution < 1.29 is 8.83 Å². The molecule has 0 aliphatic heterocycles. The van der Waals surface area contributed by atoms with Crippen LogP contribution in [0.4, 0.5) is 0 Å². The van der Waals surface area contributed by atoms with Crippen molar-refractivity contribution in [3.63, 3.8) is 0 Å². The first-order valence-electron chi connectivity index (χ1n) is 7.71. The zero-order valence-corrected chi connectivity index (χ0v) is 13.9. The molecule has 122 valence electrons. The second-order valence-electron chi connectivity index (χ2n) is 5.35. The van der Waals surface area contributed by atoms with Crippen LogP contribution >= 0.6 is 11.6 Å². The molecule has 0 N–H and O–H groups in total. The number of hydrogen-bond acceptors (Lipinski definition) is 4. The van der Waals surface area contributed by atoms with Gasteiger partial charge in [-0.15, -0.1) is 10.2 Å². The standard InChI is InChI=1S/C20H13ClN2O2/c21-16-8-6-14(7-9-16)18-12-10-17(24-18)11-13-19-22-23-20(25-19)15-4-2-1-3-5-15/h1-13H/b13-11+. The number of aromatic nitrogens is 2. The van der Waals surface area contributed by atoms with Gasteiger partial charge in [0, 0.05) is 22.2 Å². The van der Waals surface area contributed by atoms with E-state index < -0.39 is 0 Å². The van der Waals surface area contributed by atoms with Crippen molar-refractivity contribution in [2.24, 2.45) is 0 Å². The smallest absolute Gasteiger partial charge is 0.248 e. The van der Waals surface area contributed by atoms with Gasteiger partial charge in [0.05, 0.1) is 0 Å². The normalized spacial score (nSPS) is 11.2. The number of benzene rings is 2. The van der Waals surface area contributed by atoms with Gasteiger partial charge in [-0.05, 0) is 54.6 Å². The monoisotopic (exact) mass is 348 g/mol. The van der Waals surface area contributed by atoms with Crippen LogP contribution in [0, 0.1) is 0 Å². The van der Waals surface area contributed by atoms with Crippen molar-refractivity contribution in [1.82, 2.24) is 10.2 Å². The molecule has 4 rings (SSSR count). The van der Waals surface area contributed by atoms with Gasteiger partial charge in [0.2, 0.25) is 11.8 Å². The van der Waals surface area contributed by atoms with Crippen molar-refractivity contribution in [2.45, 2.75) is 0 Å². The van der Waals surface area contributed by atoms with E-state index in [9.17, 15) is 0 Å². The molecule has 0 saturated heterocycles. The third-order valence-electron chi connectivity index (χ3n) is 3.61. The summed E-state index contributed by atoms with van der Waals surface area (Å²) in [6.07, 6.45) is 3.52. The first-order valence-corrected chi connectivity index (χ1v) is 8.08. The molecule has 0 saturated carbocycles. The number of halogens is 1. The van der Waals surface area contributed by atoms with Crippen molar-refractivity contribution >= 4 is 23.8 Å². The summed E-state index contributed by atoms with van der Waals surface area (Å²) >= 11 is 5.90. The van der Waals surface area contributed by atoms with Crippen LogP contribution < -0.4 is 0 Å². The summed E-state index contributed by atoms with van der Waals surface area (Å²) < 4.78 is 11.4. The molecule has 2 heterocycles. The molecular formula is C20H13ClN2O2. The lowest BCUT2D eigenvalue weighted by atomic mass is 10.2. The lowest BCUT2D eigenvalue weighted by Crippen LogP contribution is -1.75. The number of hydrogen-bond donors (Lipinski definition) is 0. The summed E-state index contributed by atoms with van der Waals surface area (Å²) in [7, 11) is 0.